The standard InChI is InChI=1S/C17H14N2O4S/c1-10-18-19-17(23-10)24-15(16(20)21)9-13-12-6-4-3-5-11(12)7-8-14(13)22-2/h3-9H,1-2H3,(H,20,21)/b15-9-. The van der Waals surface area contributed by atoms with Gasteiger partial charge in [0.2, 0.25) is 5.89 Å². The number of benzene rings is 2. The molecule has 0 saturated heterocycles. The average molecular weight is 342 g/mol. The first-order chi connectivity index (χ1) is 11.6. The third kappa shape index (κ3) is 3.26. The van der Waals surface area contributed by atoms with Crippen LogP contribution in [0, 0.1) is 6.92 Å². The molecule has 6 nitrogen and oxygen atoms in total. The lowest BCUT2D eigenvalue weighted by Crippen LogP contribution is -1.98. The predicted octanol–water partition coefficient (Wildman–Crippen LogP) is 3.76. The van der Waals surface area contributed by atoms with Crippen LogP contribution in [-0.4, -0.2) is 28.4 Å². The van der Waals surface area contributed by atoms with Crippen molar-refractivity contribution in [3.05, 3.63) is 52.8 Å². The Morgan fingerprint density at radius 1 is 1.25 bits per heavy atom. The summed E-state index contributed by atoms with van der Waals surface area (Å²) in [6.45, 7) is 1.65. The van der Waals surface area contributed by atoms with Gasteiger partial charge in [0.05, 0.1) is 7.11 Å². The van der Waals surface area contributed by atoms with E-state index in [4.69, 9.17) is 9.15 Å². The van der Waals surface area contributed by atoms with Gasteiger partial charge in [0, 0.05) is 12.5 Å². The topological polar surface area (TPSA) is 85.5 Å². The van der Waals surface area contributed by atoms with Crippen LogP contribution in [0.25, 0.3) is 16.8 Å². The number of carbonyl (C=O) groups is 1. The van der Waals surface area contributed by atoms with E-state index in [-0.39, 0.29) is 10.1 Å². The van der Waals surface area contributed by atoms with Crippen LogP contribution in [0.15, 0.2) is 50.9 Å². The van der Waals surface area contributed by atoms with Gasteiger partial charge < -0.3 is 14.3 Å². The third-order valence-electron chi connectivity index (χ3n) is 3.34. The number of hydrogen-bond acceptors (Lipinski definition) is 6. The van der Waals surface area contributed by atoms with Gasteiger partial charge in [0.15, 0.2) is 0 Å². The molecular formula is C17H14N2O4S. The van der Waals surface area contributed by atoms with E-state index in [1.807, 2.05) is 36.4 Å². The first-order valence-electron chi connectivity index (χ1n) is 7.07. The highest BCUT2D eigenvalue weighted by Gasteiger charge is 2.16. The van der Waals surface area contributed by atoms with Crippen LogP contribution in [0.4, 0.5) is 0 Å². The van der Waals surface area contributed by atoms with Crippen LogP contribution in [0.5, 0.6) is 5.75 Å². The monoisotopic (exact) mass is 342 g/mol. The number of ether oxygens (including phenoxy) is 1. The summed E-state index contributed by atoms with van der Waals surface area (Å²) in [5.74, 6) is -0.106. The van der Waals surface area contributed by atoms with Crippen molar-refractivity contribution < 1.29 is 19.1 Å². The van der Waals surface area contributed by atoms with Crippen molar-refractivity contribution in [1.82, 2.24) is 10.2 Å². The van der Waals surface area contributed by atoms with Crippen molar-refractivity contribution in [2.75, 3.05) is 7.11 Å². The molecule has 1 heterocycles. The molecule has 3 rings (SSSR count). The summed E-state index contributed by atoms with van der Waals surface area (Å²) in [5, 5.41) is 19.1. The van der Waals surface area contributed by atoms with Crippen LogP contribution in [0.1, 0.15) is 11.5 Å². The van der Waals surface area contributed by atoms with Crippen LogP contribution in [-0.2, 0) is 4.79 Å². The molecule has 1 aromatic heterocycles. The number of nitrogens with zero attached hydrogens (tertiary/aromatic N) is 2. The number of fused-ring (bicyclic) bond motifs is 1. The Hall–Kier alpha value is -2.80. The second kappa shape index (κ2) is 6.76. The van der Waals surface area contributed by atoms with Gasteiger partial charge in [-0.25, -0.2) is 4.79 Å². The maximum atomic E-state index is 11.6. The number of aromatic nitrogens is 2. The number of carboxylic acids is 1. The lowest BCUT2D eigenvalue weighted by Gasteiger charge is -2.09. The minimum Gasteiger partial charge on any atom is -0.496 e. The van der Waals surface area contributed by atoms with Gasteiger partial charge >= 0.3 is 5.97 Å². The highest BCUT2D eigenvalue weighted by molar-refractivity contribution is 8.03. The maximum absolute atomic E-state index is 11.6. The van der Waals surface area contributed by atoms with E-state index in [1.54, 1.807) is 20.1 Å². The first-order valence-corrected chi connectivity index (χ1v) is 7.89. The van der Waals surface area contributed by atoms with Crippen molar-refractivity contribution in [3.63, 3.8) is 0 Å². The van der Waals surface area contributed by atoms with E-state index in [0.29, 0.717) is 17.2 Å². The zero-order valence-electron chi connectivity index (χ0n) is 13.0. The van der Waals surface area contributed by atoms with Gasteiger partial charge in [-0.3, -0.25) is 0 Å². The molecule has 122 valence electrons. The minimum atomic E-state index is -1.08. The van der Waals surface area contributed by atoms with Crippen molar-refractivity contribution in [2.24, 2.45) is 0 Å². The van der Waals surface area contributed by atoms with Gasteiger partial charge in [-0.1, -0.05) is 30.3 Å². The van der Waals surface area contributed by atoms with Gasteiger partial charge in [0.1, 0.15) is 10.7 Å². The molecule has 0 spiro atoms. The molecule has 0 amide bonds. The summed E-state index contributed by atoms with van der Waals surface area (Å²) in [7, 11) is 1.55. The fourth-order valence-corrected chi connectivity index (χ4v) is 2.98. The van der Waals surface area contributed by atoms with E-state index in [1.165, 1.54) is 0 Å². The van der Waals surface area contributed by atoms with Gasteiger partial charge in [-0.05, 0) is 34.7 Å². The molecule has 0 aliphatic rings. The van der Waals surface area contributed by atoms with Crippen molar-refractivity contribution >= 4 is 34.6 Å². The second-order valence-corrected chi connectivity index (χ2v) is 5.90. The molecule has 0 radical (unpaired) electrons. The molecule has 7 heteroatoms. The molecule has 0 aliphatic carbocycles. The quantitative estimate of drug-likeness (QED) is 0.558. The highest BCUT2D eigenvalue weighted by Crippen LogP contribution is 2.34. The summed E-state index contributed by atoms with van der Waals surface area (Å²) >= 11 is 0.906. The number of aryl methyl sites for hydroxylation is 1. The smallest absolute Gasteiger partial charge is 0.342 e. The molecule has 24 heavy (non-hydrogen) atoms. The van der Waals surface area contributed by atoms with Gasteiger partial charge in [0.25, 0.3) is 5.22 Å². The first kappa shape index (κ1) is 16.1. The molecule has 1 N–H and O–H groups in total. The number of hydrogen-bond donors (Lipinski definition) is 1. The summed E-state index contributed by atoms with van der Waals surface area (Å²) in [4.78, 5) is 11.7. The highest BCUT2D eigenvalue weighted by atomic mass is 32.2. The fourth-order valence-electron chi connectivity index (χ4n) is 2.28. The van der Waals surface area contributed by atoms with Crippen LogP contribution < -0.4 is 4.74 Å². The van der Waals surface area contributed by atoms with Gasteiger partial charge in [-0.2, -0.15) is 0 Å². The van der Waals surface area contributed by atoms with E-state index in [9.17, 15) is 9.90 Å². The lowest BCUT2D eigenvalue weighted by molar-refractivity contribution is -0.131. The Bertz CT molecular complexity index is 933. The van der Waals surface area contributed by atoms with Crippen molar-refractivity contribution in [3.8, 4) is 5.75 Å². The predicted molar refractivity (Wildman–Crippen MR) is 91.0 cm³/mol. The zero-order chi connectivity index (χ0) is 17.1. The molecule has 0 unspecified atom stereocenters. The Morgan fingerprint density at radius 2 is 2.04 bits per heavy atom. The number of aliphatic carboxylic acids is 1. The zero-order valence-corrected chi connectivity index (χ0v) is 13.8. The van der Waals surface area contributed by atoms with Crippen LogP contribution in [0.3, 0.4) is 0 Å². The molecule has 0 bridgehead atoms. The van der Waals surface area contributed by atoms with Crippen molar-refractivity contribution in [1.29, 1.82) is 0 Å². The molecule has 0 aliphatic heterocycles. The van der Waals surface area contributed by atoms with E-state index in [0.717, 1.165) is 22.5 Å². The number of thioether (sulfide) groups is 1. The summed E-state index contributed by atoms with van der Waals surface area (Å²) < 4.78 is 10.6. The van der Waals surface area contributed by atoms with E-state index in [2.05, 4.69) is 10.2 Å². The number of methoxy groups -OCH3 is 1. The molecule has 0 atom stereocenters. The lowest BCUT2D eigenvalue weighted by atomic mass is 10.0. The maximum Gasteiger partial charge on any atom is 0.342 e. The summed E-state index contributed by atoms with van der Waals surface area (Å²) in [6.07, 6.45) is 1.56. The van der Waals surface area contributed by atoms with Gasteiger partial charge in [-0.15, -0.1) is 10.2 Å². The van der Waals surface area contributed by atoms with Crippen LogP contribution >= 0.6 is 11.8 Å². The largest absolute Gasteiger partial charge is 0.496 e. The van der Waals surface area contributed by atoms with Crippen LogP contribution in [0.2, 0.25) is 0 Å². The molecular weight excluding hydrogens is 328 g/mol. The molecule has 3 aromatic rings. The SMILES string of the molecule is COc1ccc2ccccc2c1/C=C(\Sc1nnc(C)o1)C(=O)O. The van der Waals surface area contributed by atoms with Crippen molar-refractivity contribution in [2.45, 2.75) is 12.1 Å². The van der Waals surface area contributed by atoms with E-state index < -0.39 is 5.97 Å². The Labute approximate surface area is 142 Å². The number of rotatable bonds is 5. The Balaban J connectivity index is 2.12. The summed E-state index contributed by atoms with van der Waals surface area (Å²) in [5.41, 5.74) is 0.691. The normalized spacial score (nSPS) is 11.7. The Kier molecular flexibility index (Phi) is 4.52. The molecule has 0 fully saturated rings. The third-order valence-corrected chi connectivity index (χ3v) is 4.19. The average Bonchev–Trinajstić information content (AvgIpc) is 2.99. The Morgan fingerprint density at radius 3 is 2.71 bits per heavy atom. The summed E-state index contributed by atoms with van der Waals surface area (Å²) in [6, 6.07) is 11.5. The molecule has 0 saturated carbocycles. The fraction of sp³-hybridized carbons (Fsp3) is 0.118. The molecule has 2 aromatic carbocycles. The van der Waals surface area contributed by atoms with E-state index >= 15 is 0 Å². The number of carboxylic acid groups (broad SMARTS) is 1. The minimum absolute atomic E-state index is 0.0632. The second-order valence-electron chi connectivity index (χ2n) is 4.91.